The summed E-state index contributed by atoms with van der Waals surface area (Å²) in [5.74, 6) is 0.533. The molecule has 1 aromatic carbocycles. The first-order valence-electron chi connectivity index (χ1n) is 7.02. The molecule has 2 heterocycles. The number of thioether (sulfide) groups is 1. The monoisotopic (exact) mass is 331 g/mol. The van der Waals surface area contributed by atoms with Gasteiger partial charge in [0.1, 0.15) is 5.58 Å². The number of fused-ring (bicyclic) bond motifs is 1. The third-order valence-electron chi connectivity index (χ3n) is 3.38. The van der Waals surface area contributed by atoms with Gasteiger partial charge in [0.15, 0.2) is 4.34 Å². The van der Waals surface area contributed by atoms with Gasteiger partial charge in [-0.15, -0.1) is 10.2 Å². The van der Waals surface area contributed by atoms with Crippen molar-refractivity contribution in [3.63, 3.8) is 0 Å². The Morgan fingerprint density at radius 2 is 2.18 bits per heavy atom. The Labute approximate surface area is 134 Å². The van der Waals surface area contributed by atoms with Crippen LogP contribution in [0.25, 0.3) is 11.0 Å². The fourth-order valence-electron chi connectivity index (χ4n) is 2.07. The lowest BCUT2D eigenvalue weighted by molar-refractivity contribution is 0.554. The van der Waals surface area contributed by atoms with E-state index in [2.05, 4.69) is 15.5 Å². The maximum atomic E-state index is 12.0. The van der Waals surface area contributed by atoms with Crippen LogP contribution in [0, 0.1) is 0 Å². The van der Waals surface area contributed by atoms with Crippen LogP contribution in [0.4, 0.5) is 5.13 Å². The predicted molar refractivity (Wildman–Crippen MR) is 88.6 cm³/mol. The van der Waals surface area contributed by atoms with E-state index in [4.69, 9.17) is 4.42 Å². The second-order valence-corrected chi connectivity index (χ2v) is 7.38. The fraction of sp³-hybridized carbons (Fsp3) is 0.267. The van der Waals surface area contributed by atoms with Gasteiger partial charge in [-0.1, -0.05) is 41.3 Å². The van der Waals surface area contributed by atoms with Gasteiger partial charge >= 0.3 is 5.63 Å². The van der Waals surface area contributed by atoms with Crippen LogP contribution in [0.3, 0.4) is 0 Å². The summed E-state index contributed by atoms with van der Waals surface area (Å²) in [7, 11) is 0. The molecule has 3 aromatic rings. The number of benzene rings is 1. The lowest BCUT2D eigenvalue weighted by atomic mass is 10.2. The summed E-state index contributed by atoms with van der Waals surface area (Å²) in [6, 6.07) is 9.98. The van der Waals surface area contributed by atoms with Gasteiger partial charge in [0.25, 0.3) is 0 Å². The minimum absolute atomic E-state index is 0.285. The average Bonchev–Trinajstić information content (AvgIpc) is 3.22. The van der Waals surface area contributed by atoms with Crippen molar-refractivity contribution in [3.05, 3.63) is 46.3 Å². The van der Waals surface area contributed by atoms with Gasteiger partial charge in [-0.05, 0) is 25.0 Å². The lowest BCUT2D eigenvalue weighted by Gasteiger charge is -2.00. The number of rotatable bonds is 5. The first kappa shape index (κ1) is 13.8. The fourth-order valence-corrected chi connectivity index (χ4v) is 3.86. The van der Waals surface area contributed by atoms with E-state index in [9.17, 15) is 4.79 Å². The van der Waals surface area contributed by atoms with Gasteiger partial charge in [0.2, 0.25) is 5.13 Å². The molecule has 1 saturated carbocycles. The van der Waals surface area contributed by atoms with E-state index in [0.29, 0.717) is 22.9 Å². The highest BCUT2D eigenvalue weighted by atomic mass is 32.2. The predicted octanol–water partition coefficient (Wildman–Crippen LogP) is 3.51. The Balaban J connectivity index is 1.49. The Bertz CT molecular complexity index is 870. The molecular weight excluding hydrogens is 318 g/mol. The van der Waals surface area contributed by atoms with E-state index in [1.807, 2.05) is 24.3 Å². The van der Waals surface area contributed by atoms with Crippen molar-refractivity contribution in [2.24, 2.45) is 0 Å². The van der Waals surface area contributed by atoms with E-state index >= 15 is 0 Å². The summed E-state index contributed by atoms with van der Waals surface area (Å²) in [6.45, 7) is 0. The van der Waals surface area contributed by atoms with Crippen LogP contribution in [0.2, 0.25) is 0 Å². The standard InChI is InChI=1S/C15H13N3O2S2/c19-13-10(7-9-3-1-2-4-12(9)20-13)8-21-15-18-17-14(22-15)16-11-5-6-11/h1-4,7,11H,5-6,8H2,(H,16,17). The summed E-state index contributed by atoms with van der Waals surface area (Å²) in [5, 5.41) is 13.4. The molecule has 1 fully saturated rings. The molecule has 0 saturated heterocycles. The van der Waals surface area contributed by atoms with Gasteiger partial charge in [-0.25, -0.2) is 4.79 Å². The Kier molecular flexibility index (Phi) is 3.59. The number of nitrogens with zero attached hydrogens (tertiary/aromatic N) is 2. The highest BCUT2D eigenvalue weighted by Gasteiger charge is 2.22. The number of hydrogen-bond donors (Lipinski definition) is 1. The lowest BCUT2D eigenvalue weighted by Crippen LogP contribution is -2.05. The van der Waals surface area contributed by atoms with Crippen molar-refractivity contribution in [1.82, 2.24) is 10.2 Å². The number of nitrogens with one attached hydrogen (secondary N) is 1. The van der Waals surface area contributed by atoms with Crippen molar-refractivity contribution in [3.8, 4) is 0 Å². The average molecular weight is 331 g/mol. The molecule has 1 aliphatic carbocycles. The van der Waals surface area contributed by atoms with Crippen LogP contribution in [0.5, 0.6) is 0 Å². The summed E-state index contributed by atoms with van der Waals surface area (Å²) in [4.78, 5) is 12.0. The number of anilines is 1. The highest BCUT2D eigenvalue weighted by Crippen LogP contribution is 2.31. The minimum Gasteiger partial charge on any atom is -0.423 e. The Morgan fingerprint density at radius 1 is 1.32 bits per heavy atom. The molecule has 0 amide bonds. The zero-order valence-electron chi connectivity index (χ0n) is 11.6. The Morgan fingerprint density at radius 3 is 3.05 bits per heavy atom. The Hall–Kier alpha value is -1.86. The molecule has 0 aliphatic heterocycles. The largest absolute Gasteiger partial charge is 0.423 e. The second-order valence-electron chi connectivity index (χ2n) is 5.18. The molecule has 5 nitrogen and oxygen atoms in total. The van der Waals surface area contributed by atoms with Gasteiger partial charge in [-0.3, -0.25) is 0 Å². The summed E-state index contributed by atoms with van der Waals surface area (Å²) in [6.07, 6.45) is 2.42. The molecule has 0 spiro atoms. The van der Waals surface area contributed by atoms with E-state index < -0.39 is 0 Å². The topological polar surface area (TPSA) is 68.0 Å². The quantitative estimate of drug-likeness (QED) is 0.570. The van der Waals surface area contributed by atoms with Crippen LogP contribution in [-0.2, 0) is 5.75 Å². The van der Waals surface area contributed by atoms with Gasteiger partial charge in [0, 0.05) is 22.7 Å². The first-order valence-corrected chi connectivity index (χ1v) is 8.83. The van der Waals surface area contributed by atoms with Gasteiger partial charge in [0.05, 0.1) is 0 Å². The number of aromatic nitrogens is 2. The molecule has 4 rings (SSSR count). The maximum absolute atomic E-state index is 12.0. The van der Waals surface area contributed by atoms with E-state index in [1.54, 1.807) is 6.07 Å². The first-order chi connectivity index (χ1) is 10.8. The molecule has 0 radical (unpaired) electrons. The summed E-state index contributed by atoms with van der Waals surface area (Å²) >= 11 is 3.04. The highest BCUT2D eigenvalue weighted by molar-refractivity contribution is 8.00. The summed E-state index contributed by atoms with van der Waals surface area (Å²) < 4.78 is 6.19. The van der Waals surface area contributed by atoms with Gasteiger partial charge < -0.3 is 9.73 Å². The zero-order chi connectivity index (χ0) is 14.9. The van der Waals surface area contributed by atoms with Crippen LogP contribution < -0.4 is 10.9 Å². The molecule has 22 heavy (non-hydrogen) atoms. The zero-order valence-corrected chi connectivity index (χ0v) is 13.2. The minimum atomic E-state index is -0.285. The molecule has 0 unspecified atom stereocenters. The summed E-state index contributed by atoms with van der Waals surface area (Å²) in [5.41, 5.74) is 0.982. The smallest absolute Gasteiger partial charge is 0.340 e. The van der Waals surface area contributed by atoms with E-state index in [0.717, 1.165) is 14.9 Å². The van der Waals surface area contributed by atoms with Crippen molar-refractivity contribution in [2.45, 2.75) is 29.0 Å². The van der Waals surface area contributed by atoms with Crippen molar-refractivity contribution >= 4 is 39.2 Å². The normalized spacial score (nSPS) is 14.4. The molecule has 1 N–H and O–H groups in total. The molecule has 112 valence electrons. The van der Waals surface area contributed by atoms with E-state index in [1.165, 1.54) is 35.9 Å². The van der Waals surface area contributed by atoms with Crippen molar-refractivity contribution < 1.29 is 4.42 Å². The van der Waals surface area contributed by atoms with Crippen LogP contribution in [0.15, 0.2) is 43.9 Å². The molecule has 2 aromatic heterocycles. The van der Waals surface area contributed by atoms with Crippen LogP contribution >= 0.6 is 23.1 Å². The van der Waals surface area contributed by atoms with Crippen molar-refractivity contribution in [2.75, 3.05) is 5.32 Å². The van der Waals surface area contributed by atoms with Gasteiger partial charge in [-0.2, -0.15) is 0 Å². The van der Waals surface area contributed by atoms with E-state index in [-0.39, 0.29) is 5.63 Å². The molecule has 1 aliphatic rings. The molecule has 7 heteroatoms. The number of para-hydroxylation sites is 1. The third-order valence-corrected chi connectivity index (χ3v) is 5.41. The second kappa shape index (κ2) is 5.73. The van der Waals surface area contributed by atoms with Crippen molar-refractivity contribution in [1.29, 1.82) is 0 Å². The molecular formula is C15H13N3O2S2. The molecule has 0 atom stereocenters. The number of hydrogen-bond acceptors (Lipinski definition) is 7. The van der Waals surface area contributed by atoms with Crippen LogP contribution in [-0.4, -0.2) is 16.2 Å². The maximum Gasteiger partial charge on any atom is 0.340 e. The van der Waals surface area contributed by atoms with Crippen LogP contribution in [0.1, 0.15) is 18.4 Å². The third kappa shape index (κ3) is 3.00. The SMILES string of the molecule is O=c1oc2ccccc2cc1CSc1nnc(NC2CC2)s1. The molecule has 0 bridgehead atoms.